The van der Waals surface area contributed by atoms with Crippen molar-refractivity contribution in [3.63, 3.8) is 0 Å². The van der Waals surface area contributed by atoms with Gasteiger partial charge >= 0.3 is 18.0 Å². The van der Waals surface area contributed by atoms with Crippen LogP contribution in [0.5, 0.6) is 0 Å². The summed E-state index contributed by atoms with van der Waals surface area (Å²) in [4.78, 5) is 37.7. The standard InChI is InChI=1S/C12H18N2O7/c1-20-11(18)9-6-21-3-2-13(9)12(19)14-5-7(15)4-8(14)10(16)17/h7-9,15H,2-6H2,1H3,(H,16,17)/t7?,8-,9?/m0/s1. The number of β-amino-alcohol motifs (C(OH)–C–C–N with tert-alkyl or cyclic N) is 1. The number of carbonyl (C=O) groups excluding carboxylic acids is 2. The predicted octanol–water partition coefficient (Wildman–Crippen LogP) is -1.50. The molecule has 0 aromatic rings. The second-order valence-electron chi connectivity index (χ2n) is 4.99. The third-order valence-corrected chi connectivity index (χ3v) is 3.66. The number of likely N-dealkylation sites (tertiary alicyclic amines) is 1. The Morgan fingerprint density at radius 1 is 1.24 bits per heavy atom. The third kappa shape index (κ3) is 3.08. The molecule has 0 aliphatic carbocycles. The first-order valence-electron chi connectivity index (χ1n) is 6.59. The molecule has 9 nitrogen and oxygen atoms in total. The molecule has 2 aliphatic rings. The molecule has 2 unspecified atom stereocenters. The van der Waals surface area contributed by atoms with Gasteiger partial charge in [0.2, 0.25) is 0 Å². The van der Waals surface area contributed by atoms with Crippen LogP contribution in [0.15, 0.2) is 0 Å². The normalized spacial score (nSPS) is 29.3. The van der Waals surface area contributed by atoms with Crippen LogP contribution >= 0.6 is 0 Å². The minimum atomic E-state index is -1.18. The number of aliphatic carboxylic acids is 1. The first-order valence-corrected chi connectivity index (χ1v) is 6.59. The van der Waals surface area contributed by atoms with Gasteiger partial charge in [-0.1, -0.05) is 0 Å². The van der Waals surface area contributed by atoms with E-state index < -0.39 is 36.2 Å². The molecule has 0 aromatic carbocycles. The van der Waals surface area contributed by atoms with Crippen molar-refractivity contribution in [2.24, 2.45) is 0 Å². The second-order valence-corrected chi connectivity index (χ2v) is 4.99. The molecule has 0 spiro atoms. The second kappa shape index (κ2) is 6.27. The monoisotopic (exact) mass is 302 g/mol. The number of ether oxygens (including phenoxy) is 2. The molecular formula is C12H18N2O7. The van der Waals surface area contributed by atoms with E-state index in [9.17, 15) is 19.5 Å². The first kappa shape index (κ1) is 15.5. The highest BCUT2D eigenvalue weighted by atomic mass is 16.5. The van der Waals surface area contributed by atoms with Gasteiger partial charge in [-0.3, -0.25) is 0 Å². The number of hydrogen-bond donors (Lipinski definition) is 2. The number of morpholine rings is 1. The summed E-state index contributed by atoms with van der Waals surface area (Å²) in [5.74, 6) is -1.79. The summed E-state index contributed by atoms with van der Waals surface area (Å²) in [5, 5.41) is 18.7. The van der Waals surface area contributed by atoms with Crippen molar-refractivity contribution in [2.45, 2.75) is 24.6 Å². The quantitative estimate of drug-likeness (QED) is 0.596. The largest absolute Gasteiger partial charge is 0.480 e. The number of rotatable bonds is 2. The van der Waals surface area contributed by atoms with Crippen molar-refractivity contribution in [1.82, 2.24) is 9.80 Å². The zero-order chi connectivity index (χ0) is 15.6. The van der Waals surface area contributed by atoms with Gasteiger partial charge in [0, 0.05) is 19.5 Å². The van der Waals surface area contributed by atoms with Gasteiger partial charge in [0.05, 0.1) is 26.4 Å². The average molecular weight is 302 g/mol. The molecule has 0 radical (unpaired) electrons. The lowest BCUT2D eigenvalue weighted by Crippen LogP contribution is -2.58. The zero-order valence-electron chi connectivity index (χ0n) is 11.6. The number of carbonyl (C=O) groups is 3. The molecule has 0 aromatic heterocycles. The Morgan fingerprint density at radius 3 is 2.57 bits per heavy atom. The van der Waals surface area contributed by atoms with Crippen LogP contribution in [0.25, 0.3) is 0 Å². The van der Waals surface area contributed by atoms with E-state index in [2.05, 4.69) is 4.74 Å². The fourth-order valence-corrected chi connectivity index (χ4v) is 2.59. The van der Waals surface area contributed by atoms with E-state index in [1.54, 1.807) is 0 Å². The summed E-state index contributed by atoms with van der Waals surface area (Å²) in [5.41, 5.74) is 0. The number of esters is 1. The molecular weight excluding hydrogens is 284 g/mol. The Bertz CT molecular complexity index is 441. The molecule has 3 atom stereocenters. The molecule has 2 aliphatic heterocycles. The highest BCUT2D eigenvalue weighted by molar-refractivity contribution is 5.87. The van der Waals surface area contributed by atoms with Gasteiger partial charge in [-0.15, -0.1) is 0 Å². The highest BCUT2D eigenvalue weighted by Gasteiger charge is 2.44. The van der Waals surface area contributed by atoms with Crippen LogP contribution in [0.1, 0.15) is 6.42 Å². The van der Waals surface area contributed by atoms with E-state index in [1.807, 2.05) is 0 Å². The number of methoxy groups -OCH3 is 1. The third-order valence-electron chi connectivity index (χ3n) is 3.66. The van der Waals surface area contributed by atoms with E-state index in [0.29, 0.717) is 0 Å². The molecule has 118 valence electrons. The van der Waals surface area contributed by atoms with Crippen LogP contribution in [-0.4, -0.2) is 89.6 Å². The van der Waals surface area contributed by atoms with Crippen LogP contribution in [0.4, 0.5) is 4.79 Å². The number of urea groups is 1. The van der Waals surface area contributed by atoms with Gasteiger partial charge < -0.3 is 29.5 Å². The van der Waals surface area contributed by atoms with Gasteiger partial charge in [-0.25, -0.2) is 14.4 Å². The molecule has 2 N–H and O–H groups in total. The summed E-state index contributed by atoms with van der Waals surface area (Å²) in [7, 11) is 1.21. The molecule has 9 heteroatoms. The average Bonchev–Trinajstić information content (AvgIpc) is 2.88. The summed E-state index contributed by atoms with van der Waals surface area (Å²) >= 11 is 0. The molecule has 2 fully saturated rings. The summed E-state index contributed by atoms with van der Waals surface area (Å²) in [6, 6.07) is -2.59. The van der Waals surface area contributed by atoms with E-state index >= 15 is 0 Å². The Hall–Kier alpha value is -1.87. The number of hydrogen-bond acceptors (Lipinski definition) is 6. The Morgan fingerprint density at radius 2 is 1.95 bits per heavy atom. The number of nitrogens with zero attached hydrogens (tertiary/aromatic N) is 2. The molecule has 0 saturated carbocycles. The van der Waals surface area contributed by atoms with E-state index in [-0.39, 0.29) is 32.7 Å². The van der Waals surface area contributed by atoms with Gasteiger partial charge in [0.1, 0.15) is 6.04 Å². The van der Waals surface area contributed by atoms with E-state index in [4.69, 9.17) is 9.84 Å². The van der Waals surface area contributed by atoms with Crippen LogP contribution in [-0.2, 0) is 19.1 Å². The zero-order valence-corrected chi connectivity index (χ0v) is 11.6. The number of aliphatic hydroxyl groups is 1. The van der Waals surface area contributed by atoms with Crippen molar-refractivity contribution >= 4 is 18.0 Å². The maximum Gasteiger partial charge on any atom is 0.331 e. The smallest absolute Gasteiger partial charge is 0.331 e. The van der Waals surface area contributed by atoms with Gasteiger partial charge in [0.15, 0.2) is 6.04 Å². The van der Waals surface area contributed by atoms with E-state index in [1.165, 1.54) is 12.0 Å². The predicted molar refractivity (Wildman–Crippen MR) is 67.5 cm³/mol. The molecule has 21 heavy (non-hydrogen) atoms. The van der Waals surface area contributed by atoms with Crippen LogP contribution in [0.2, 0.25) is 0 Å². The fraction of sp³-hybridized carbons (Fsp3) is 0.750. The van der Waals surface area contributed by atoms with Crippen LogP contribution in [0, 0.1) is 0 Å². The lowest BCUT2D eigenvalue weighted by molar-refractivity contribution is -0.151. The SMILES string of the molecule is COC(=O)C1COCCN1C(=O)N1CC(O)C[C@H]1C(=O)O. The van der Waals surface area contributed by atoms with Crippen molar-refractivity contribution in [3.05, 3.63) is 0 Å². The Kier molecular flexibility index (Phi) is 4.63. The van der Waals surface area contributed by atoms with Crippen LogP contribution in [0.3, 0.4) is 0 Å². The maximum atomic E-state index is 12.5. The summed E-state index contributed by atoms with van der Waals surface area (Å²) in [6.07, 6.45) is -0.901. The molecule has 2 rings (SSSR count). The summed E-state index contributed by atoms with van der Waals surface area (Å²) in [6.45, 7) is 0.360. The van der Waals surface area contributed by atoms with Crippen molar-refractivity contribution in [1.29, 1.82) is 0 Å². The topological polar surface area (TPSA) is 117 Å². The molecule has 2 saturated heterocycles. The Labute approximate surface area is 121 Å². The highest BCUT2D eigenvalue weighted by Crippen LogP contribution is 2.22. The molecule has 2 heterocycles. The van der Waals surface area contributed by atoms with Gasteiger partial charge in [0.25, 0.3) is 0 Å². The van der Waals surface area contributed by atoms with E-state index in [0.717, 1.165) is 4.90 Å². The maximum absolute atomic E-state index is 12.5. The summed E-state index contributed by atoms with van der Waals surface area (Å²) < 4.78 is 9.80. The molecule has 0 bridgehead atoms. The minimum absolute atomic E-state index is 0.00649. The number of carboxylic acids is 1. The Balaban J connectivity index is 2.16. The minimum Gasteiger partial charge on any atom is -0.480 e. The van der Waals surface area contributed by atoms with Gasteiger partial charge in [-0.05, 0) is 0 Å². The van der Waals surface area contributed by atoms with Crippen LogP contribution < -0.4 is 0 Å². The number of aliphatic hydroxyl groups excluding tert-OH is 1. The van der Waals surface area contributed by atoms with Crippen molar-refractivity contribution in [3.8, 4) is 0 Å². The molecule has 2 amide bonds. The number of amides is 2. The van der Waals surface area contributed by atoms with Crippen molar-refractivity contribution < 1.29 is 34.1 Å². The van der Waals surface area contributed by atoms with Crippen molar-refractivity contribution in [2.75, 3.05) is 33.4 Å². The lowest BCUT2D eigenvalue weighted by atomic mass is 10.2. The fourth-order valence-electron chi connectivity index (χ4n) is 2.59. The van der Waals surface area contributed by atoms with Gasteiger partial charge in [-0.2, -0.15) is 0 Å². The first-order chi connectivity index (χ1) is 9.95. The lowest BCUT2D eigenvalue weighted by Gasteiger charge is -2.37. The number of carboxylic acid groups (broad SMARTS) is 1.